The van der Waals surface area contributed by atoms with Crippen molar-refractivity contribution in [2.45, 2.75) is 27.2 Å². The first kappa shape index (κ1) is 17.3. The number of anilines is 1. The highest BCUT2D eigenvalue weighted by atomic mass is 32.1. The summed E-state index contributed by atoms with van der Waals surface area (Å²) >= 11 is 5.37. The number of rotatable bonds is 5. The summed E-state index contributed by atoms with van der Waals surface area (Å²) in [7, 11) is 1.67. The molecule has 0 fully saturated rings. The van der Waals surface area contributed by atoms with Gasteiger partial charge in [-0.3, -0.25) is 0 Å². The Morgan fingerprint density at radius 3 is 2.48 bits per heavy atom. The fourth-order valence-electron chi connectivity index (χ4n) is 2.51. The first-order valence-electron chi connectivity index (χ1n) is 7.75. The molecule has 0 bridgehead atoms. The number of thiocarbonyl (C=S) groups is 1. The van der Waals surface area contributed by atoms with Crippen LogP contribution in [0.1, 0.15) is 22.3 Å². The number of hydrogen-bond donors (Lipinski definition) is 2. The van der Waals surface area contributed by atoms with Crippen molar-refractivity contribution in [3.8, 4) is 5.75 Å². The summed E-state index contributed by atoms with van der Waals surface area (Å²) in [6.45, 7) is 7.11. The molecule has 0 aromatic heterocycles. The predicted octanol–water partition coefficient (Wildman–Crippen LogP) is 4.15. The summed E-state index contributed by atoms with van der Waals surface area (Å²) in [5.74, 6) is 0.849. The predicted molar refractivity (Wildman–Crippen MR) is 102 cm³/mol. The van der Waals surface area contributed by atoms with Gasteiger partial charge in [0.05, 0.1) is 7.11 Å². The SMILES string of the molecule is COc1ccc(NC(=S)NCCc2ccc(C)cc2C)c(C)c1. The van der Waals surface area contributed by atoms with Gasteiger partial charge in [0.15, 0.2) is 5.11 Å². The van der Waals surface area contributed by atoms with E-state index in [4.69, 9.17) is 17.0 Å². The van der Waals surface area contributed by atoms with Crippen LogP contribution in [0, 0.1) is 20.8 Å². The molecule has 2 aromatic carbocycles. The number of benzene rings is 2. The second kappa shape index (κ2) is 7.97. The van der Waals surface area contributed by atoms with E-state index in [1.807, 2.05) is 25.1 Å². The van der Waals surface area contributed by atoms with Crippen LogP contribution in [0.4, 0.5) is 5.69 Å². The van der Waals surface area contributed by atoms with E-state index in [-0.39, 0.29) is 0 Å². The molecule has 0 aliphatic heterocycles. The Morgan fingerprint density at radius 2 is 1.83 bits per heavy atom. The van der Waals surface area contributed by atoms with E-state index >= 15 is 0 Å². The maximum absolute atomic E-state index is 5.37. The van der Waals surface area contributed by atoms with Gasteiger partial charge in [-0.2, -0.15) is 0 Å². The Bertz CT molecular complexity index is 698. The van der Waals surface area contributed by atoms with Crippen molar-refractivity contribution in [1.29, 1.82) is 0 Å². The molecular weight excluding hydrogens is 304 g/mol. The lowest BCUT2D eigenvalue weighted by Gasteiger charge is -2.14. The van der Waals surface area contributed by atoms with Crippen LogP contribution in [-0.2, 0) is 6.42 Å². The molecule has 0 aliphatic rings. The minimum Gasteiger partial charge on any atom is -0.497 e. The number of methoxy groups -OCH3 is 1. The van der Waals surface area contributed by atoms with Crippen LogP contribution in [0.15, 0.2) is 36.4 Å². The van der Waals surface area contributed by atoms with Crippen molar-refractivity contribution in [2.24, 2.45) is 0 Å². The van der Waals surface area contributed by atoms with Gasteiger partial charge in [0.1, 0.15) is 5.75 Å². The van der Waals surface area contributed by atoms with Crippen molar-refractivity contribution in [3.05, 3.63) is 58.7 Å². The van der Waals surface area contributed by atoms with Crippen LogP contribution >= 0.6 is 12.2 Å². The molecule has 0 unspecified atom stereocenters. The molecule has 0 amide bonds. The summed E-state index contributed by atoms with van der Waals surface area (Å²) in [5.41, 5.74) is 6.08. The Hall–Kier alpha value is -2.07. The van der Waals surface area contributed by atoms with Gasteiger partial charge in [-0.1, -0.05) is 23.8 Å². The summed E-state index contributed by atoms with van der Waals surface area (Å²) < 4.78 is 5.21. The third kappa shape index (κ3) is 4.96. The molecule has 2 rings (SSSR count). The van der Waals surface area contributed by atoms with E-state index in [0.717, 1.165) is 30.0 Å². The maximum atomic E-state index is 5.37. The zero-order valence-corrected chi connectivity index (χ0v) is 15.0. The molecule has 122 valence electrons. The van der Waals surface area contributed by atoms with Gasteiger partial charge in [-0.25, -0.2) is 0 Å². The molecule has 0 saturated heterocycles. The van der Waals surface area contributed by atoms with Gasteiger partial charge < -0.3 is 15.4 Å². The molecular formula is C19H24N2OS. The van der Waals surface area contributed by atoms with Crippen molar-refractivity contribution >= 4 is 23.0 Å². The number of hydrogen-bond acceptors (Lipinski definition) is 2. The van der Waals surface area contributed by atoms with Crippen molar-refractivity contribution < 1.29 is 4.74 Å². The smallest absolute Gasteiger partial charge is 0.170 e. The second-order valence-corrected chi connectivity index (χ2v) is 6.15. The molecule has 0 saturated carbocycles. The van der Waals surface area contributed by atoms with Crippen LogP contribution in [0.3, 0.4) is 0 Å². The second-order valence-electron chi connectivity index (χ2n) is 5.74. The Kier molecular flexibility index (Phi) is 5.99. The summed E-state index contributed by atoms with van der Waals surface area (Å²) in [6, 6.07) is 12.4. The number of ether oxygens (including phenoxy) is 1. The summed E-state index contributed by atoms with van der Waals surface area (Å²) in [6.07, 6.45) is 0.954. The molecule has 0 aliphatic carbocycles. The first-order chi connectivity index (χ1) is 11.0. The maximum Gasteiger partial charge on any atom is 0.170 e. The van der Waals surface area contributed by atoms with Crippen molar-refractivity contribution in [3.63, 3.8) is 0 Å². The highest BCUT2D eigenvalue weighted by Gasteiger charge is 2.03. The number of aryl methyl sites for hydroxylation is 3. The van der Waals surface area contributed by atoms with E-state index in [1.165, 1.54) is 16.7 Å². The van der Waals surface area contributed by atoms with E-state index in [0.29, 0.717) is 5.11 Å². The van der Waals surface area contributed by atoms with Gasteiger partial charge in [0, 0.05) is 12.2 Å². The van der Waals surface area contributed by atoms with Crippen LogP contribution in [0.5, 0.6) is 5.75 Å². The van der Waals surface area contributed by atoms with E-state index < -0.39 is 0 Å². The van der Waals surface area contributed by atoms with Gasteiger partial charge in [-0.15, -0.1) is 0 Å². The molecule has 2 N–H and O–H groups in total. The fourth-order valence-corrected chi connectivity index (χ4v) is 2.72. The highest BCUT2D eigenvalue weighted by molar-refractivity contribution is 7.80. The van der Waals surface area contributed by atoms with Gasteiger partial charge >= 0.3 is 0 Å². The van der Waals surface area contributed by atoms with Crippen LogP contribution in [0.2, 0.25) is 0 Å². The third-order valence-corrected chi connectivity index (χ3v) is 4.11. The Morgan fingerprint density at radius 1 is 1.04 bits per heavy atom. The lowest BCUT2D eigenvalue weighted by atomic mass is 10.0. The highest BCUT2D eigenvalue weighted by Crippen LogP contribution is 2.20. The largest absolute Gasteiger partial charge is 0.497 e. The monoisotopic (exact) mass is 328 g/mol. The molecule has 0 radical (unpaired) electrons. The molecule has 3 nitrogen and oxygen atoms in total. The van der Waals surface area contributed by atoms with Gasteiger partial charge in [0.2, 0.25) is 0 Å². The zero-order valence-electron chi connectivity index (χ0n) is 14.2. The van der Waals surface area contributed by atoms with Crippen LogP contribution < -0.4 is 15.4 Å². The van der Waals surface area contributed by atoms with Crippen LogP contribution in [-0.4, -0.2) is 18.8 Å². The van der Waals surface area contributed by atoms with E-state index in [9.17, 15) is 0 Å². The Labute approximate surface area is 144 Å². The Balaban J connectivity index is 1.85. The number of nitrogens with one attached hydrogen (secondary N) is 2. The normalized spacial score (nSPS) is 10.3. The quantitative estimate of drug-likeness (QED) is 0.808. The minimum atomic E-state index is 0.642. The molecule has 0 atom stereocenters. The standard InChI is InChI=1S/C19H24N2OS/c1-13-5-6-16(14(2)11-13)9-10-20-19(23)21-18-8-7-17(22-4)12-15(18)3/h5-8,11-12H,9-10H2,1-4H3,(H2,20,21,23). The molecule has 2 aromatic rings. The molecule has 0 heterocycles. The summed E-state index contributed by atoms with van der Waals surface area (Å²) in [4.78, 5) is 0. The van der Waals surface area contributed by atoms with Crippen molar-refractivity contribution in [2.75, 3.05) is 19.0 Å². The molecule has 23 heavy (non-hydrogen) atoms. The lowest BCUT2D eigenvalue weighted by Crippen LogP contribution is -2.30. The van der Waals surface area contributed by atoms with E-state index in [2.05, 4.69) is 42.7 Å². The van der Waals surface area contributed by atoms with Crippen LogP contribution in [0.25, 0.3) is 0 Å². The minimum absolute atomic E-state index is 0.642. The zero-order chi connectivity index (χ0) is 16.8. The third-order valence-electron chi connectivity index (χ3n) is 3.86. The fraction of sp³-hybridized carbons (Fsp3) is 0.316. The lowest BCUT2D eigenvalue weighted by molar-refractivity contribution is 0.414. The first-order valence-corrected chi connectivity index (χ1v) is 8.16. The van der Waals surface area contributed by atoms with Gasteiger partial charge in [0.25, 0.3) is 0 Å². The average Bonchev–Trinajstić information content (AvgIpc) is 2.51. The molecule has 0 spiro atoms. The molecule has 4 heteroatoms. The van der Waals surface area contributed by atoms with Crippen molar-refractivity contribution in [1.82, 2.24) is 5.32 Å². The van der Waals surface area contributed by atoms with Gasteiger partial charge in [-0.05, 0) is 74.3 Å². The topological polar surface area (TPSA) is 33.3 Å². The average molecular weight is 328 g/mol. The van der Waals surface area contributed by atoms with E-state index in [1.54, 1.807) is 7.11 Å². The summed E-state index contributed by atoms with van der Waals surface area (Å²) in [5, 5.41) is 7.14.